The zero-order valence-electron chi connectivity index (χ0n) is 21.8. The van der Waals surface area contributed by atoms with E-state index < -0.39 is 0 Å². The van der Waals surface area contributed by atoms with Crippen LogP contribution in [0.15, 0.2) is 97.3 Å². The Balaban J connectivity index is 0.00000308. The molecule has 4 aromatic rings. The first-order chi connectivity index (χ1) is 18.4. The fraction of sp³-hybridized carbons (Fsp3) is 0.125. The molecule has 2 heterocycles. The molecule has 0 saturated carbocycles. The van der Waals surface area contributed by atoms with Crippen LogP contribution in [0.1, 0.15) is 19.4 Å². The van der Waals surface area contributed by atoms with E-state index in [2.05, 4.69) is 73.8 Å². The number of fused-ring (bicyclic) bond motifs is 1. The van der Waals surface area contributed by atoms with Crippen molar-refractivity contribution < 1.29 is 30.2 Å². The fourth-order valence-electron chi connectivity index (χ4n) is 4.63. The summed E-state index contributed by atoms with van der Waals surface area (Å²) in [6, 6.07) is 33.2. The van der Waals surface area contributed by atoms with Crippen LogP contribution in [0.25, 0.3) is 0 Å². The van der Waals surface area contributed by atoms with Gasteiger partial charge in [-0.25, -0.2) is 4.39 Å². The van der Waals surface area contributed by atoms with Gasteiger partial charge in [-0.05, 0) is 69.2 Å². The molecule has 0 bridgehead atoms. The van der Waals surface area contributed by atoms with Gasteiger partial charge in [-0.3, -0.25) is 0 Å². The van der Waals surface area contributed by atoms with Crippen LogP contribution < -0.4 is 19.4 Å². The fourth-order valence-corrected chi connectivity index (χ4v) is 4.63. The molecule has 39 heavy (non-hydrogen) atoms. The Kier molecular flexibility index (Phi) is 7.52. The molecule has 2 aliphatic heterocycles. The molecule has 2 aliphatic rings. The average molecular weight is 698 g/mol. The van der Waals surface area contributed by atoms with Gasteiger partial charge in [0.25, 0.3) is 0 Å². The maximum Gasteiger partial charge on any atom is 4.00 e. The van der Waals surface area contributed by atoms with Crippen molar-refractivity contribution in [3.8, 4) is 11.5 Å². The molecule has 7 heteroatoms. The third kappa shape index (κ3) is 5.32. The van der Waals surface area contributed by atoms with Crippen LogP contribution in [0.5, 0.6) is 11.5 Å². The van der Waals surface area contributed by atoms with Gasteiger partial charge in [0.15, 0.2) is 0 Å². The summed E-state index contributed by atoms with van der Waals surface area (Å²) < 4.78 is 19.5. The first-order valence-electron chi connectivity index (χ1n) is 12.4. The molecule has 6 rings (SSSR count). The largest absolute Gasteiger partial charge is 4.00 e. The van der Waals surface area contributed by atoms with Gasteiger partial charge in [-0.15, -0.1) is 54.4 Å². The second-order valence-electron chi connectivity index (χ2n) is 9.78. The van der Waals surface area contributed by atoms with Crippen molar-refractivity contribution in [1.29, 1.82) is 0 Å². The van der Waals surface area contributed by atoms with Gasteiger partial charge in [-0.2, -0.15) is 18.8 Å². The van der Waals surface area contributed by atoms with Gasteiger partial charge < -0.3 is 24.3 Å². The Morgan fingerprint density at radius 1 is 0.744 bits per heavy atom. The molecule has 198 valence electrons. The van der Waals surface area contributed by atoms with E-state index in [0.29, 0.717) is 11.5 Å². The van der Waals surface area contributed by atoms with E-state index in [1.54, 1.807) is 12.1 Å². The van der Waals surface area contributed by atoms with Crippen LogP contribution in [-0.4, -0.2) is 11.9 Å². The van der Waals surface area contributed by atoms with E-state index >= 15 is 0 Å². The standard InChI is InChI=1S/C32H27FN4O.Pt/c1-32(2)30-12-4-5-13-31(30)37(22-34(32)3)27-9-7-11-29(21-27)38-28-10-6-8-26(20-28)36-19-18-35(23-36)25-16-14-24(33)15-17-25;/h4-19,22-23H,1-3H3;/q-4;+4. The minimum absolute atomic E-state index is 0. The van der Waals surface area contributed by atoms with Crippen LogP contribution in [0.4, 0.5) is 27.1 Å². The van der Waals surface area contributed by atoms with Crippen molar-refractivity contribution in [1.82, 2.24) is 4.90 Å². The SMILES string of the molecule is CN1[CH-]N(c2[c-]c(Oc3[c-]c(N4C=CN(c5ccc(F)cc5)[CH-]4)ccc3)ccc2)c2ccccc2C1(C)C.[Pt+4]. The Morgan fingerprint density at radius 3 is 2.13 bits per heavy atom. The van der Waals surface area contributed by atoms with Gasteiger partial charge in [0.05, 0.1) is 0 Å². The molecule has 0 aliphatic carbocycles. The van der Waals surface area contributed by atoms with E-state index in [9.17, 15) is 4.39 Å². The quantitative estimate of drug-likeness (QED) is 0.200. The van der Waals surface area contributed by atoms with Crippen molar-refractivity contribution in [3.63, 3.8) is 0 Å². The molecular formula is C32H27FN4OPt. The number of anilines is 4. The van der Waals surface area contributed by atoms with Crippen LogP contribution in [-0.2, 0) is 26.6 Å². The van der Waals surface area contributed by atoms with Crippen LogP contribution in [0.2, 0.25) is 0 Å². The molecule has 0 radical (unpaired) electrons. The Labute approximate surface area is 244 Å². The topological polar surface area (TPSA) is 22.2 Å². The van der Waals surface area contributed by atoms with Crippen molar-refractivity contribution in [3.05, 3.63) is 134 Å². The Hall–Kier alpha value is -3.60. The molecule has 0 aromatic heterocycles. The molecule has 0 atom stereocenters. The zero-order chi connectivity index (χ0) is 26.3. The van der Waals surface area contributed by atoms with E-state index in [1.165, 1.54) is 17.7 Å². The second-order valence-corrected chi connectivity index (χ2v) is 9.78. The van der Waals surface area contributed by atoms with Gasteiger partial charge in [0, 0.05) is 28.4 Å². The van der Waals surface area contributed by atoms with Crippen molar-refractivity contribution in [2.45, 2.75) is 19.4 Å². The predicted molar refractivity (Wildman–Crippen MR) is 149 cm³/mol. The van der Waals surface area contributed by atoms with Gasteiger partial charge in [-0.1, -0.05) is 18.2 Å². The monoisotopic (exact) mass is 697 g/mol. The van der Waals surface area contributed by atoms with Crippen molar-refractivity contribution >= 4 is 22.7 Å². The summed E-state index contributed by atoms with van der Waals surface area (Å²) in [6.45, 7) is 8.46. The van der Waals surface area contributed by atoms with Crippen LogP contribution in [0.3, 0.4) is 0 Å². The second kappa shape index (κ2) is 10.9. The molecule has 4 aromatic carbocycles. The number of hydrogen-bond donors (Lipinski definition) is 0. The zero-order valence-corrected chi connectivity index (χ0v) is 24.1. The first-order valence-corrected chi connectivity index (χ1v) is 12.4. The number of ether oxygens (including phenoxy) is 1. The molecule has 0 fully saturated rings. The summed E-state index contributed by atoms with van der Waals surface area (Å²) in [5.41, 5.74) is 4.83. The van der Waals surface area contributed by atoms with Crippen molar-refractivity contribution in [2.75, 3.05) is 21.7 Å². The summed E-state index contributed by atoms with van der Waals surface area (Å²) in [7, 11) is 2.09. The van der Waals surface area contributed by atoms with Gasteiger partial charge in [0.1, 0.15) is 5.82 Å². The Morgan fingerprint density at radius 2 is 1.38 bits per heavy atom. The number of halogens is 1. The summed E-state index contributed by atoms with van der Waals surface area (Å²) in [5.74, 6) is 0.924. The third-order valence-electron chi connectivity index (χ3n) is 7.02. The molecule has 0 unspecified atom stereocenters. The average Bonchev–Trinajstić information content (AvgIpc) is 3.42. The molecule has 0 amide bonds. The molecule has 0 saturated heterocycles. The molecule has 0 N–H and O–H groups in total. The van der Waals surface area contributed by atoms with E-state index in [1.807, 2.05) is 65.3 Å². The molecule has 5 nitrogen and oxygen atoms in total. The smallest absolute Gasteiger partial charge is 0.509 e. The maximum absolute atomic E-state index is 13.3. The van der Waals surface area contributed by atoms with Crippen LogP contribution in [0, 0.1) is 31.3 Å². The minimum Gasteiger partial charge on any atom is -0.509 e. The van der Waals surface area contributed by atoms with E-state index in [0.717, 1.165) is 22.7 Å². The Bertz CT molecular complexity index is 1490. The maximum atomic E-state index is 13.3. The number of benzene rings is 4. The number of nitrogens with zero attached hydrogens (tertiary/aromatic N) is 4. The van der Waals surface area contributed by atoms with Gasteiger partial charge >= 0.3 is 21.1 Å². The predicted octanol–water partition coefficient (Wildman–Crippen LogP) is 7.57. The number of para-hydroxylation sites is 1. The van der Waals surface area contributed by atoms with Gasteiger partial charge in [0.2, 0.25) is 0 Å². The van der Waals surface area contributed by atoms with Crippen LogP contribution >= 0.6 is 0 Å². The van der Waals surface area contributed by atoms with E-state index in [-0.39, 0.29) is 32.4 Å². The molecule has 0 spiro atoms. The molecular weight excluding hydrogens is 670 g/mol. The summed E-state index contributed by atoms with van der Waals surface area (Å²) >= 11 is 0. The normalized spacial score (nSPS) is 16.2. The van der Waals surface area contributed by atoms with Crippen molar-refractivity contribution in [2.24, 2.45) is 0 Å². The number of hydrogen-bond acceptors (Lipinski definition) is 5. The summed E-state index contributed by atoms with van der Waals surface area (Å²) in [6.07, 6.45) is 3.84. The summed E-state index contributed by atoms with van der Waals surface area (Å²) in [4.78, 5) is 8.21. The first kappa shape index (κ1) is 27.0. The van der Waals surface area contributed by atoms with E-state index in [4.69, 9.17) is 4.74 Å². The third-order valence-corrected chi connectivity index (χ3v) is 7.02. The number of rotatable bonds is 5. The summed E-state index contributed by atoms with van der Waals surface area (Å²) in [5, 5.41) is 0. The minimum atomic E-state index is -0.258.